The van der Waals surface area contributed by atoms with E-state index in [1.807, 2.05) is 0 Å². The fourth-order valence-corrected chi connectivity index (χ4v) is 6.73. The predicted molar refractivity (Wildman–Crippen MR) is 94.8 cm³/mol. The van der Waals surface area contributed by atoms with E-state index in [0.717, 1.165) is 45.2 Å². The van der Waals surface area contributed by atoms with Gasteiger partial charge >= 0.3 is 5.97 Å². The van der Waals surface area contributed by atoms with Gasteiger partial charge in [-0.25, -0.2) is 0 Å². The van der Waals surface area contributed by atoms with Crippen molar-refractivity contribution in [3.63, 3.8) is 0 Å². The molecule has 25 heavy (non-hydrogen) atoms. The quantitative estimate of drug-likeness (QED) is 0.793. The van der Waals surface area contributed by atoms with Gasteiger partial charge in [-0.2, -0.15) is 0 Å². The van der Waals surface area contributed by atoms with Crippen molar-refractivity contribution in [3.05, 3.63) is 0 Å². The summed E-state index contributed by atoms with van der Waals surface area (Å²) >= 11 is 0. The lowest BCUT2D eigenvalue weighted by Crippen LogP contribution is -2.61. The molecule has 5 aliphatic rings. The number of esters is 1. The second kappa shape index (κ2) is 6.26. The average molecular weight is 348 g/mol. The third kappa shape index (κ3) is 3.32. The molecule has 1 amide bonds. The van der Waals surface area contributed by atoms with Crippen LogP contribution in [0.25, 0.3) is 0 Å². The van der Waals surface area contributed by atoms with Gasteiger partial charge in [0.1, 0.15) is 5.60 Å². The highest BCUT2D eigenvalue weighted by molar-refractivity contribution is 5.83. The Morgan fingerprint density at radius 2 is 1.92 bits per heavy atom. The first-order valence-electron chi connectivity index (χ1n) is 10.0. The molecule has 5 heteroatoms. The van der Waals surface area contributed by atoms with Crippen molar-refractivity contribution in [1.82, 2.24) is 10.2 Å². The van der Waals surface area contributed by atoms with E-state index in [1.54, 1.807) is 0 Å². The maximum absolute atomic E-state index is 13.2. The van der Waals surface area contributed by atoms with Crippen molar-refractivity contribution in [3.8, 4) is 0 Å². The molecule has 1 N–H and O–H groups in total. The Hall–Kier alpha value is -1.10. The maximum atomic E-state index is 13.2. The smallest absolute Gasteiger partial charge is 0.303 e. The first kappa shape index (κ1) is 17.3. The Labute approximate surface area is 150 Å². The number of hydrogen-bond acceptors (Lipinski definition) is 4. The van der Waals surface area contributed by atoms with Crippen molar-refractivity contribution in [1.29, 1.82) is 0 Å². The Morgan fingerprint density at radius 3 is 2.56 bits per heavy atom. The molecule has 4 saturated carbocycles. The highest BCUT2D eigenvalue weighted by atomic mass is 16.6. The minimum atomic E-state index is -0.363. The minimum absolute atomic E-state index is 0.192. The Balaban J connectivity index is 1.43. The Bertz CT molecular complexity index is 547. The number of likely N-dealkylation sites (tertiary alicyclic amines) is 1. The Morgan fingerprint density at radius 1 is 1.20 bits per heavy atom. The third-order valence-corrected chi connectivity index (χ3v) is 7.12. The van der Waals surface area contributed by atoms with Gasteiger partial charge in [0.15, 0.2) is 0 Å². The summed E-state index contributed by atoms with van der Waals surface area (Å²) in [6.07, 6.45) is 8.29. The summed E-state index contributed by atoms with van der Waals surface area (Å²) in [5.74, 6) is 1.70. The number of carbonyl (C=O) groups is 2. The normalized spacial score (nSPS) is 43.0. The van der Waals surface area contributed by atoms with E-state index in [0.29, 0.717) is 17.8 Å². The molecule has 0 unspecified atom stereocenters. The van der Waals surface area contributed by atoms with E-state index in [4.69, 9.17) is 4.74 Å². The van der Waals surface area contributed by atoms with Crippen LogP contribution in [0.5, 0.6) is 0 Å². The van der Waals surface area contributed by atoms with E-state index in [-0.39, 0.29) is 22.9 Å². The highest BCUT2D eigenvalue weighted by Crippen LogP contribution is 2.62. The lowest BCUT2D eigenvalue weighted by molar-refractivity contribution is -0.202. The summed E-state index contributed by atoms with van der Waals surface area (Å²) < 4.78 is 5.81. The van der Waals surface area contributed by atoms with Gasteiger partial charge in [-0.1, -0.05) is 0 Å². The molecule has 0 radical (unpaired) electrons. The molecule has 1 heterocycles. The molecule has 5 nitrogen and oxygen atoms in total. The molecule has 4 aliphatic carbocycles. The van der Waals surface area contributed by atoms with Crippen LogP contribution < -0.4 is 5.32 Å². The van der Waals surface area contributed by atoms with E-state index < -0.39 is 0 Å². The zero-order chi connectivity index (χ0) is 17.7. The fourth-order valence-electron chi connectivity index (χ4n) is 6.73. The molecule has 5 fully saturated rings. The number of hydrogen-bond donors (Lipinski definition) is 1. The number of piperidine rings is 1. The highest BCUT2D eigenvalue weighted by Gasteiger charge is 2.62. The second-order valence-corrected chi connectivity index (χ2v) is 9.50. The first-order chi connectivity index (χ1) is 11.9. The predicted octanol–water partition coefficient (Wildman–Crippen LogP) is 2.35. The molecule has 0 aromatic rings. The van der Waals surface area contributed by atoms with Crippen LogP contribution in [0, 0.1) is 23.2 Å². The standard InChI is InChI=1S/C20H32N2O3/c1-14(23)25-20-9-16-6-17(10-20)8-19(7-16,13-20)18(24)21-11-15-4-3-5-22(2)12-15/h15-17H,3-13H2,1-2H3,(H,21,24)/t15-,16+,17+,19?,20?/m0/s1. The van der Waals surface area contributed by atoms with Gasteiger partial charge in [0.05, 0.1) is 5.41 Å². The monoisotopic (exact) mass is 348 g/mol. The zero-order valence-corrected chi connectivity index (χ0v) is 15.7. The molecule has 5 rings (SSSR count). The van der Waals surface area contributed by atoms with Crippen LogP contribution in [0.15, 0.2) is 0 Å². The van der Waals surface area contributed by atoms with Crippen molar-refractivity contribution in [2.45, 2.75) is 63.9 Å². The van der Waals surface area contributed by atoms with Crippen LogP contribution in [-0.2, 0) is 14.3 Å². The molecule has 140 valence electrons. The van der Waals surface area contributed by atoms with E-state index in [9.17, 15) is 9.59 Å². The van der Waals surface area contributed by atoms with Crippen molar-refractivity contribution < 1.29 is 14.3 Å². The van der Waals surface area contributed by atoms with Crippen molar-refractivity contribution >= 4 is 11.9 Å². The first-order valence-corrected chi connectivity index (χ1v) is 10.0. The number of rotatable bonds is 4. The summed E-state index contributed by atoms with van der Waals surface area (Å²) in [4.78, 5) is 27.2. The summed E-state index contributed by atoms with van der Waals surface area (Å²) in [6, 6.07) is 0. The summed E-state index contributed by atoms with van der Waals surface area (Å²) in [5, 5.41) is 3.29. The van der Waals surface area contributed by atoms with Gasteiger partial charge in [-0.3, -0.25) is 9.59 Å². The Kier molecular flexibility index (Phi) is 4.33. The van der Waals surface area contributed by atoms with Crippen LogP contribution in [0.4, 0.5) is 0 Å². The maximum Gasteiger partial charge on any atom is 0.303 e. The van der Waals surface area contributed by atoms with E-state index >= 15 is 0 Å². The van der Waals surface area contributed by atoms with Crippen molar-refractivity contribution in [2.24, 2.45) is 23.2 Å². The van der Waals surface area contributed by atoms with Gasteiger partial charge in [-0.15, -0.1) is 0 Å². The average Bonchev–Trinajstić information content (AvgIpc) is 2.50. The SMILES string of the molecule is CC(=O)OC12C[C@@H]3C[C@@H](C1)CC(C(=O)NC[C@@H]1CCCN(C)C1)(C3)C2. The minimum Gasteiger partial charge on any atom is -0.459 e. The van der Waals surface area contributed by atoms with Gasteiger partial charge in [0, 0.05) is 26.4 Å². The number of carbonyl (C=O) groups excluding carboxylic acids is 2. The fraction of sp³-hybridized carbons (Fsp3) is 0.900. The molecule has 0 aromatic heterocycles. The summed E-state index contributed by atoms with van der Waals surface area (Å²) in [7, 11) is 2.16. The number of nitrogens with zero attached hydrogens (tertiary/aromatic N) is 1. The number of amides is 1. The van der Waals surface area contributed by atoms with Gasteiger partial charge < -0.3 is 15.0 Å². The second-order valence-electron chi connectivity index (χ2n) is 9.50. The van der Waals surface area contributed by atoms with E-state index in [1.165, 1.54) is 32.7 Å². The van der Waals surface area contributed by atoms with Crippen LogP contribution in [-0.4, -0.2) is 49.1 Å². The van der Waals surface area contributed by atoms with Gasteiger partial charge in [0.25, 0.3) is 0 Å². The van der Waals surface area contributed by atoms with Gasteiger partial charge in [-0.05, 0) is 76.3 Å². The molecular formula is C20H32N2O3. The lowest BCUT2D eigenvalue weighted by Gasteiger charge is -2.60. The molecular weight excluding hydrogens is 316 g/mol. The van der Waals surface area contributed by atoms with Crippen LogP contribution in [0.3, 0.4) is 0 Å². The van der Waals surface area contributed by atoms with Crippen molar-refractivity contribution in [2.75, 3.05) is 26.7 Å². The largest absolute Gasteiger partial charge is 0.459 e. The molecule has 4 bridgehead atoms. The van der Waals surface area contributed by atoms with Gasteiger partial charge in [0.2, 0.25) is 5.91 Å². The molecule has 0 aromatic carbocycles. The summed E-state index contributed by atoms with van der Waals surface area (Å²) in [6.45, 7) is 4.55. The topological polar surface area (TPSA) is 58.6 Å². The molecule has 0 spiro atoms. The lowest BCUT2D eigenvalue weighted by atomic mass is 9.47. The number of nitrogens with one attached hydrogen (secondary N) is 1. The van der Waals surface area contributed by atoms with Crippen LogP contribution >= 0.6 is 0 Å². The zero-order valence-electron chi connectivity index (χ0n) is 15.7. The van der Waals surface area contributed by atoms with Crippen LogP contribution in [0.1, 0.15) is 58.3 Å². The van der Waals surface area contributed by atoms with Crippen LogP contribution in [0.2, 0.25) is 0 Å². The molecule has 3 atom stereocenters. The molecule has 1 aliphatic heterocycles. The third-order valence-electron chi connectivity index (χ3n) is 7.12. The number of ether oxygens (including phenoxy) is 1. The van der Waals surface area contributed by atoms with E-state index in [2.05, 4.69) is 17.3 Å². The summed E-state index contributed by atoms with van der Waals surface area (Å²) in [5.41, 5.74) is -0.654. The molecule has 1 saturated heterocycles.